The normalized spacial score (nSPS) is 12.3. The predicted octanol–water partition coefficient (Wildman–Crippen LogP) is 4.60. The number of para-hydroxylation sites is 1. The van der Waals surface area contributed by atoms with E-state index in [1.165, 1.54) is 6.07 Å². The lowest BCUT2D eigenvalue weighted by atomic mass is 10.2. The van der Waals surface area contributed by atoms with E-state index in [2.05, 4.69) is 0 Å². The Balaban J connectivity index is 2.43. The largest absolute Gasteiger partial charge is 0.453 e. The van der Waals surface area contributed by atoms with Crippen LogP contribution in [0.3, 0.4) is 0 Å². The third kappa shape index (κ3) is 2.12. The second-order valence-corrected chi connectivity index (χ2v) is 4.01. The lowest BCUT2D eigenvalue weighted by molar-refractivity contribution is 0.551. The minimum absolute atomic E-state index is 0.316. The van der Waals surface area contributed by atoms with Crippen LogP contribution < -0.4 is 0 Å². The molecule has 0 aliphatic carbocycles. The summed E-state index contributed by atoms with van der Waals surface area (Å²) >= 11 is 5.60. The molecule has 84 valence electrons. The zero-order chi connectivity index (χ0) is 11.5. The summed E-state index contributed by atoms with van der Waals surface area (Å²) in [6.07, 6.45) is 2.77. The fourth-order valence-electron chi connectivity index (χ4n) is 1.59. The summed E-state index contributed by atoms with van der Waals surface area (Å²) in [7, 11) is 0. The second-order valence-electron chi connectivity index (χ2n) is 3.63. The van der Waals surface area contributed by atoms with E-state index in [4.69, 9.17) is 16.0 Å². The molecular weight excluding hydrogens is 227 g/mol. The maximum Gasteiger partial charge on any atom is 0.170 e. The van der Waals surface area contributed by atoms with Crippen molar-refractivity contribution in [3.05, 3.63) is 41.9 Å². The first-order chi connectivity index (χ1) is 7.72. The molecule has 3 heteroatoms. The molecule has 16 heavy (non-hydrogen) atoms. The van der Waals surface area contributed by atoms with Crippen LogP contribution in [-0.2, 0) is 0 Å². The van der Waals surface area contributed by atoms with Gasteiger partial charge in [0.15, 0.2) is 11.4 Å². The van der Waals surface area contributed by atoms with Crippen molar-refractivity contribution in [2.75, 3.05) is 5.88 Å². The van der Waals surface area contributed by atoms with Gasteiger partial charge in [0.05, 0.1) is 0 Å². The Morgan fingerprint density at radius 1 is 1.50 bits per heavy atom. The molecule has 0 N–H and O–H groups in total. The summed E-state index contributed by atoms with van der Waals surface area (Å²) in [6, 6.07) is 6.75. The lowest BCUT2D eigenvalue weighted by Crippen LogP contribution is -1.75. The molecule has 0 amide bonds. The van der Waals surface area contributed by atoms with Crippen molar-refractivity contribution in [2.24, 2.45) is 0 Å². The van der Waals surface area contributed by atoms with Gasteiger partial charge >= 0.3 is 0 Å². The van der Waals surface area contributed by atoms with E-state index < -0.39 is 0 Å². The van der Waals surface area contributed by atoms with Crippen LogP contribution in [0.25, 0.3) is 16.5 Å². The average molecular weight is 239 g/mol. The molecule has 0 fully saturated rings. The van der Waals surface area contributed by atoms with Crippen LogP contribution in [0, 0.1) is 5.82 Å². The molecule has 0 unspecified atom stereocenters. The highest BCUT2D eigenvalue weighted by molar-refractivity contribution is 6.17. The van der Waals surface area contributed by atoms with Gasteiger partial charge in [-0.25, -0.2) is 4.39 Å². The molecular formula is C13H12ClFO. The summed E-state index contributed by atoms with van der Waals surface area (Å²) in [5, 5.41) is 0.786. The number of hydrogen-bond acceptors (Lipinski definition) is 1. The molecule has 0 saturated carbocycles. The Kier molecular flexibility index (Phi) is 3.30. The summed E-state index contributed by atoms with van der Waals surface area (Å²) in [5.74, 6) is 0.950. The zero-order valence-corrected chi connectivity index (χ0v) is 9.72. The first-order valence-corrected chi connectivity index (χ1v) is 5.67. The number of benzene rings is 1. The van der Waals surface area contributed by atoms with E-state index in [9.17, 15) is 4.39 Å². The Hall–Kier alpha value is -1.28. The van der Waals surface area contributed by atoms with Crippen molar-refractivity contribution in [2.45, 2.75) is 13.3 Å². The molecule has 0 atom stereocenters. The van der Waals surface area contributed by atoms with Crippen LogP contribution in [0.15, 0.2) is 34.8 Å². The minimum atomic E-state index is -0.325. The number of allylic oxidation sites excluding steroid dienone is 2. The van der Waals surface area contributed by atoms with Gasteiger partial charge in [-0.15, -0.1) is 11.6 Å². The molecule has 0 bridgehead atoms. The van der Waals surface area contributed by atoms with Crippen molar-refractivity contribution in [3.8, 4) is 0 Å². The van der Waals surface area contributed by atoms with E-state index in [-0.39, 0.29) is 5.82 Å². The third-order valence-electron chi connectivity index (χ3n) is 2.44. The van der Waals surface area contributed by atoms with E-state index in [1.807, 2.05) is 25.1 Å². The van der Waals surface area contributed by atoms with Crippen LogP contribution in [0.1, 0.15) is 19.1 Å². The first-order valence-electron chi connectivity index (χ1n) is 5.13. The smallest absolute Gasteiger partial charge is 0.170 e. The van der Waals surface area contributed by atoms with Crippen molar-refractivity contribution in [3.63, 3.8) is 0 Å². The van der Waals surface area contributed by atoms with Gasteiger partial charge in [0.2, 0.25) is 0 Å². The Morgan fingerprint density at radius 2 is 2.31 bits per heavy atom. The van der Waals surface area contributed by atoms with Gasteiger partial charge in [0.25, 0.3) is 0 Å². The zero-order valence-electron chi connectivity index (χ0n) is 8.97. The molecule has 0 saturated heterocycles. The minimum Gasteiger partial charge on any atom is -0.453 e. The quantitative estimate of drug-likeness (QED) is 0.712. The van der Waals surface area contributed by atoms with E-state index >= 15 is 0 Å². The maximum absolute atomic E-state index is 13.4. The van der Waals surface area contributed by atoms with Gasteiger partial charge in [-0.2, -0.15) is 0 Å². The van der Waals surface area contributed by atoms with E-state index in [0.29, 0.717) is 17.2 Å². The molecule has 0 radical (unpaired) electrons. The Morgan fingerprint density at radius 3 is 3.00 bits per heavy atom. The molecule has 0 spiro atoms. The number of halogens is 2. The predicted molar refractivity (Wildman–Crippen MR) is 65.2 cm³/mol. The number of fused-ring (bicyclic) bond motifs is 1. The van der Waals surface area contributed by atoms with Gasteiger partial charge in [0, 0.05) is 11.3 Å². The fraction of sp³-hybridized carbons (Fsp3) is 0.231. The summed E-state index contributed by atoms with van der Waals surface area (Å²) in [4.78, 5) is 0. The van der Waals surface area contributed by atoms with Crippen LogP contribution in [-0.4, -0.2) is 5.88 Å². The second kappa shape index (κ2) is 4.71. The topological polar surface area (TPSA) is 13.1 Å². The van der Waals surface area contributed by atoms with Crippen LogP contribution >= 0.6 is 11.6 Å². The van der Waals surface area contributed by atoms with Gasteiger partial charge < -0.3 is 4.42 Å². The molecule has 2 aromatic rings. The Bertz CT molecular complexity index is 528. The van der Waals surface area contributed by atoms with Crippen molar-refractivity contribution < 1.29 is 8.81 Å². The van der Waals surface area contributed by atoms with E-state index in [1.54, 1.807) is 6.07 Å². The van der Waals surface area contributed by atoms with Gasteiger partial charge in [-0.05, 0) is 31.1 Å². The molecule has 1 heterocycles. The number of hydrogen-bond donors (Lipinski definition) is 0. The summed E-state index contributed by atoms with van der Waals surface area (Å²) in [6.45, 7) is 1.93. The number of alkyl halides is 1. The average Bonchev–Trinajstić information content (AvgIpc) is 2.71. The van der Waals surface area contributed by atoms with Gasteiger partial charge in [0.1, 0.15) is 5.76 Å². The molecule has 2 rings (SSSR count). The van der Waals surface area contributed by atoms with Crippen LogP contribution in [0.5, 0.6) is 0 Å². The highest BCUT2D eigenvalue weighted by Gasteiger charge is 2.08. The highest BCUT2D eigenvalue weighted by Crippen LogP contribution is 2.26. The van der Waals surface area contributed by atoms with Crippen molar-refractivity contribution in [1.82, 2.24) is 0 Å². The van der Waals surface area contributed by atoms with Crippen molar-refractivity contribution in [1.29, 1.82) is 0 Å². The monoisotopic (exact) mass is 238 g/mol. The summed E-state index contributed by atoms with van der Waals surface area (Å²) < 4.78 is 18.9. The fourth-order valence-corrected chi connectivity index (χ4v) is 1.70. The lowest BCUT2D eigenvalue weighted by Gasteiger charge is -1.94. The molecule has 1 nitrogen and oxygen atoms in total. The first kappa shape index (κ1) is 11.2. The molecule has 1 aromatic heterocycles. The Labute approximate surface area is 98.5 Å². The third-order valence-corrected chi connectivity index (χ3v) is 2.66. The SMILES string of the molecule is C/C(=C/CCCl)c1cc2cccc(F)c2o1. The number of furan rings is 1. The molecule has 0 aliphatic heterocycles. The van der Waals surface area contributed by atoms with Gasteiger partial charge in [-0.3, -0.25) is 0 Å². The van der Waals surface area contributed by atoms with E-state index in [0.717, 1.165) is 17.4 Å². The van der Waals surface area contributed by atoms with Crippen LogP contribution in [0.2, 0.25) is 0 Å². The number of rotatable bonds is 3. The maximum atomic E-state index is 13.4. The van der Waals surface area contributed by atoms with Gasteiger partial charge in [-0.1, -0.05) is 18.2 Å². The highest BCUT2D eigenvalue weighted by atomic mass is 35.5. The van der Waals surface area contributed by atoms with Crippen molar-refractivity contribution >= 4 is 28.1 Å². The van der Waals surface area contributed by atoms with Crippen LogP contribution in [0.4, 0.5) is 4.39 Å². The standard InChI is InChI=1S/C13H12ClFO/c1-9(4-3-7-14)12-8-10-5-2-6-11(15)13(10)16-12/h2,4-6,8H,3,7H2,1H3/b9-4-. The molecule has 0 aliphatic rings. The molecule has 1 aromatic carbocycles. The summed E-state index contributed by atoms with van der Waals surface area (Å²) in [5.41, 5.74) is 1.30.